The zero-order valence-electron chi connectivity index (χ0n) is 9.31. The lowest BCUT2D eigenvalue weighted by Gasteiger charge is -2.03. The Bertz CT molecular complexity index is 572. The highest BCUT2D eigenvalue weighted by atomic mass is 16.5. The Kier molecular flexibility index (Phi) is 2.30. The number of fused-ring (bicyclic) bond motifs is 1. The second-order valence-electron chi connectivity index (χ2n) is 3.55. The van der Waals surface area contributed by atoms with Gasteiger partial charge in [-0.1, -0.05) is 0 Å². The highest BCUT2D eigenvalue weighted by Gasteiger charge is 2.17. The molecular weight excluding hydrogens is 208 g/mol. The van der Waals surface area contributed by atoms with Crippen molar-refractivity contribution in [2.45, 2.75) is 6.92 Å². The van der Waals surface area contributed by atoms with E-state index in [1.807, 2.05) is 6.92 Å². The number of hydrogen-bond acceptors (Lipinski definition) is 3. The molecule has 0 aliphatic heterocycles. The molecule has 2 rings (SSSR count). The molecule has 0 fully saturated rings. The number of carbonyl (C=O) groups is 1. The summed E-state index contributed by atoms with van der Waals surface area (Å²) in [4.78, 5) is 11.0. The molecule has 2 aromatic rings. The van der Waals surface area contributed by atoms with Crippen LogP contribution in [0.2, 0.25) is 0 Å². The fourth-order valence-electron chi connectivity index (χ4n) is 1.76. The number of hydrogen-bond donors (Lipinski definition) is 1. The van der Waals surface area contributed by atoms with Gasteiger partial charge in [0.25, 0.3) is 0 Å². The van der Waals surface area contributed by atoms with Gasteiger partial charge in [-0.25, -0.2) is 4.79 Å². The Balaban J connectivity index is 2.91. The molecule has 0 spiro atoms. The first-order chi connectivity index (χ1) is 7.56. The van der Waals surface area contributed by atoms with Gasteiger partial charge in [-0.15, -0.1) is 0 Å². The summed E-state index contributed by atoms with van der Waals surface area (Å²) in [7, 11) is 3.34. The van der Waals surface area contributed by atoms with Crippen molar-refractivity contribution in [3.8, 4) is 5.75 Å². The minimum atomic E-state index is -0.981. The Labute approximate surface area is 92.2 Å². The highest BCUT2D eigenvalue weighted by Crippen LogP contribution is 2.30. The first-order valence-corrected chi connectivity index (χ1v) is 4.80. The van der Waals surface area contributed by atoms with Crippen LogP contribution >= 0.6 is 0 Å². The van der Waals surface area contributed by atoms with Gasteiger partial charge in [0.2, 0.25) is 0 Å². The third-order valence-electron chi connectivity index (χ3n) is 2.69. The van der Waals surface area contributed by atoms with Gasteiger partial charge in [0.05, 0.1) is 18.1 Å². The minimum Gasteiger partial charge on any atom is -0.496 e. The van der Waals surface area contributed by atoms with E-state index < -0.39 is 5.97 Å². The SMILES string of the molecule is COc1ccc(C(=O)O)c2nn(C)c(C)c12. The fourth-order valence-corrected chi connectivity index (χ4v) is 1.76. The van der Waals surface area contributed by atoms with Gasteiger partial charge < -0.3 is 9.84 Å². The predicted molar refractivity (Wildman–Crippen MR) is 59.0 cm³/mol. The van der Waals surface area contributed by atoms with Crippen LogP contribution in [0.5, 0.6) is 5.75 Å². The summed E-state index contributed by atoms with van der Waals surface area (Å²) in [6, 6.07) is 3.16. The van der Waals surface area contributed by atoms with E-state index in [-0.39, 0.29) is 5.56 Å². The maximum Gasteiger partial charge on any atom is 0.337 e. The number of aryl methyl sites for hydroxylation is 2. The summed E-state index contributed by atoms with van der Waals surface area (Å²) in [5.74, 6) is -0.337. The number of rotatable bonds is 2. The van der Waals surface area contributed by atoms with E-state index in [1.165, 1.54) is 6.07 Å². The summed E-state index contributed by atoms with van der Waals surface area (Å²) in [5.41, 5.74) is 1.54. The average Bonchev–Trinajstić information content (AvgIpc) is 2.54. The first kappa shape index (κ1) is 10.5. The van der Waals surface area contributed by atoms with Gasteiger partial charge in [0.1, 0.15) is 11.3 Å². The van der Waals surface area contributed by atoms with Gasteiger partial charge in [-0.05, 0) is 19.1 Å². The zero-order chi connectivity index (χ0) is 11.9. The van der Waals surface area contributed by atoms with E-state index in [9.17, 15) is 4.79 Å². The van der Waals surface area contributed by atoms with Crippen LogP contribution in [-0.2, 0) is 7.05 Å². The van der Waals surface area contributed by atoms with Crippen LogP contribution in [0.1, 0.15) is 16.1 Å². The van der Waals surface area contributed by atoms with Crippen molar-refractivity contribution in [3.05, 3.63) is 23.4 Å². The lowest BCUT2D eigenvalue weighted by molar-refractivity contribution is 0.0699. The van der Waals surface area contributed by atoms with Crippen LogP contribution in [0.4, 0.5) is 0 Å². The van der Waals surface area contributed by atoms with Gasteiger partial charge in [0.15, 0.2) is 0 Å². The van der Waals surface area contributed by atoms with Crippen LogP contribution in [0.25, 0.3) is 10.9 Å². The molecule has 5 heteroatoms. The molecule has 0 saturated carbocycles. The fraction of sp³-hybridized carbons (Fsp3) is 0.273. The van der Waals surface area contributed by atoms with E-state index in [1.54, 1.807) is 24.9 Å². The monoisotopic (exact) mass is 220 g/mol. The summed E-state index contributed by atoms with van der Waals surface area (Å²) < 4.78 is 6.86. The molecular formula is C11H12N2O3. The van der Waals surface area contributed by atoms with Crippen molar-refractivity contribution in [2.24, 2.45) is 7.05 Å². The molecule has 0 aliphatic carbocycles. The standard InChI is InChI=1S/C11H12N2O3/c1-6-9-8(16-3)5-4-7(11(14)15)10(9)12-13(6)2/h4-5H,1-3H3,(H,14,15). The topological polar surface area (TPSA) is 64.3 Å². The van der Waals surface area contributed by atoms with Gasteiger partial charge >= 0.3 is 5.97 Å². The summed E-state index contributed by atoms with van der Waals surface area (Å²) in [5, 5.41) is 14.0. The molecule has 0 radical (unpaired) electrons. The van der Waals surface area contributed by atoms with E-state index >= 15 is 0 Å². The van der Waals surface area contributed by atoms with Crippen LogP contribution in [0.3, 0.4) is 0 Å². The maximum absolute atomic E-state index is 11.0. The average molecular weight is 220 g/mol. The van der Waals surface area contributed by atoms with E-state index in [0.717, 1.165) is 11.1 Å². The molecule has 0 unspecified atom stereocenters. The van der Waals surface area contributed by atoms with E-state index in [4.69, 9.17) is 9.84 Å². The van der Waals surface area contributed by atoms with Gasteiger partial charge in [0, 0.05) is 12.7 Å². The predicted octanol–water partition coefficient (Wildman–Crippen LogP) is 1.59. The number of carboxylic acids is 1. The highest BCUT2D eigenvalue weighted by molar-refractivity contribution is 6.04. The third-order valence-corrected chi connectivity index (χ3v) is 2.69. The normalized spacial score (nSPS) is 10.7. The van der Waals surface area contributed by atoms with Crippen LogP contribution in [-0.4, -0.2) is 28.0 Å². The number of carboxylic acid groups (broad SMARTS) is 1. The van der Waals surface area contributed by atoms with Gasteiger partial charge in [-0.2, -0.15) is 5.10 Å². The quantitative estimate of drug-likeness (QED) is 0.834. The third kappa shape index (κ3) is 1.32. The lowest BCUT2D eigenvalue weighted by atomic mass is 10.1. The summed E-state index contributed by atoms with van der Waals surface area (Å²) in [6.07, 6.45) is 0. The summed E-state index contributed by atoms with van der Waals surface area (Å²) in [6.45, 7) is 1.88. The maximum atomic E-state index is 11.0. The summed E-state index contributed by atoms with van der Waals surface area (Å²) >= 11 is 0. The molecule has 0 saturated heterocycles. The van der Waals surface area contributed by atoms with Crippen molar-refractivity contribution >= 4 is 16.9 Å². The minimum absolute atomic E-state index is 0.194. The molecule has 84 valence electrons. The van der Waals surface area contributed by atoms with Crippen molar-refractivity contribution in [1.29, 1.82) is 0 Å². The molecule has 1 N–H and O–H groups in total. The van der Waals surface area contributed by atoms with Crippen LogP contribution < -0.4 is 4.74 Å². The Morgan fingerprint density at radius 2 is 2.19 bits per heavy atom. The van der Waals surface area contributed by atoms with E-state index in [0.29, 0.717) is 11.3 Å². The molecule has 0 bridgehead atoms. The molecule has 0 atom stereocenters. The molecule has 5 nitrogen and oxygen atoms in total. The number of ether oxygens (including phenoxy) is 1. The largest absolute Gasteiger partial charge is 0.496 e. The molecule has 0 amide bonds. The zero-order valence-corrected chi connectivity index (χ0v) is 9.31. The lowest BCUT2D eigenvalue weighted by Crippen LogP contribution is -1.98. The van der Waals surface area contributed by atoms with Crippen molar-refractivity contribution in [1.82, 2.24) is 9.78 Å². The second-order valence-corrected chi connectivity index (χ2v) is 3.55. The van der Waals surface area contributed by atoms with E-state index in [2.05, 4.69) is 5.10 Å². The number of nitrogens with zero attached hydrogens (tertiary/aromatic N) is 2. The molecule has 1 aromatic heterocycles. The number of aromatic carboxylic acids is 1. The molecule has 16 heavy (non-hydrogen) atoms. The first-order valence-electron chi connectivity index (χ1n) is 4.80. The smallest absolute Gasteiger partial charge is 0.337 e. The van der Waals surface area contributed by atoms with Crippen molar-refractivity contribution < 1.29 is 14.6 Å². The number of methoxy groups -OCH3 is 1. The Hall–Kier alpha value is -2.04. The number of aromatic nitrogens is 2. The Morgan fingerprint density at radius 1 is 1.50 bits per heavy atom. The van der Waals surface area contributed by atoms with Crippen LogP contribution in [0, 0.1) is 6.92 Å². The number of benzene rings is 1. The van der Waals surface area contributed by atoms with Crippen molar-refractivity contribution in [2.75, 3.05) is 7.11 Å². The van der Waals surface area contributed by atoms with Crippen molar-refractivity contribution in [3.63, 3.8) is 0 Å². The Morgan fingerprint density at radius 3 is 2.75 bits per heavy atom. The molecule has 1 aromatic carbocycles. The van der Waals surface area contributed by atoms with Crippen LogP contribution in [0.15, 0.2) is 12.1 Å². The molecule has 1 heterocycles. The van der Waals surface area contributed by atoms with Gasteiger partial charge in [-0.3, -0.25) is 4.68 Å². The molecule has 0 aliphatic rings. The second kappa shape index (κ2) is 3.52.